The number of ketones is 1. The molecule has 1 fully saturated rings. The third-order valence-electron chi connectivity index (χ3n) is 5.81. The fourth-order valence-electron chi connectivity index (χ4n) is 4.39. The molecule has 2 aliphatic rings. The number of fused-ring (bicyclic) bond motifs is 1. The summed E-state index contributed by atoms with van der Waals surface area (Å²) in [7, 11) is 3.15. The zero-order valence-corrected chi connectivity index (χ0v) is 17.3. The maximum Gasteiger partial charge on any atom is 0.223 e. The van der Waals surface area contributed by atoms with Crippen molar-refractivity contribution in [2.24, 2.45) is 11.8 Å². The molecule has 29 heavy (non-hydrogen) atoms. The summed E-state index contributed by atoms with van der Waals surface area (Å²) in [5, 5.41) is 0.116. The number of nitrogens with zero attached hydrogens (tertiary/aromatic N) is 4. The van der Waals surface area contributed by atoms with Crippen LogP contribution in [0, 0.1) is 11.8 Å². The Kier molecular flexibility index (Phi) is 5.45. The highest BCUT2D eigenvalue weighted by molar-refractivity contribution is 6.34. The third kappa shape index (κ3) is 3.69. The topological polar surface area (TPSA) is 103 Å². The van der Waals surface area contributed by atoms with E-state index < -0.39 is 0 Å². The van der Waals surface area contributed by atoms with Crippen LogP contribution in [0.2, 0.25) is 5.15 Å². The van der Waals surface area contributed by atoms with Crippen molar-refractivity contribution in [3.8, 4) is 11.5 Å². The Morgan fingerprint density at radius 1 is 1.21 bits per heavy atom. The molecule has 1 aliphatic heterocycles. The molecule has 1 aliphatic carbocycles. The maximum absolute atomic E-state index is 13.2. The van der Waals surface area contributed by atoms with E-state index in [1.807, 2.05) is 11.0 Å². The highest BCUT2D eigenvalue weighted by atomic mass is 35.5. The zero-order valence-electron chi connectivity index (χ0n) is 16.5. The number of anilines is 2. The van der Waals surface area contributed by atoms with Crippen molar-refractivity contribution in [1.82, 2.24) is 15.0 Å². The molecule has 2 aromatic heterocycles. The van der Waals surface area contributed by atoms with Gasteiger partial charge in [0.25, 0.3) is 0 Å². The summed E-state index contributed by atoms with van der Waals surface area (Å²) in [6.07, 6.45) is 6.05. The molecule has 0 spiro atoms. The Hall–Kier alpha value is -2.61. The molecule has 8 nitrogen and oxygen atoms in total. The quantitative estimate of drug-likeness (QED) is 0.740. The van der Waals surface area contributed by atoms with Crippen molar-refractivity contribution in [3.63, 3.8) is 0 Å². The van der Waals surface area contributed by atoms with Crippen LogP contribution in [0.1, 0.15) is 41.7 Å². The number of carbonyl (C=O) groups is 1. The largest absolute Gasteiger partial charge is 0.493 e. The summed E-state index contributed by atoms with van der Waals surface area (Å²) in [5.74, 6) is 1.92. The van der Waals surface area contributed by atoms with Crippen LogP contribution in [0.5, 0.6) is 11.5 Å². The molecular formula is C20H24ClN5O3. The van der Waals surface area contributed by atoms with Gasteiger partial charge in [-0.1, -0.05) is 24.4 Å². The molecule has 154 valence electrons. The van der Waals surface area contributed by atoms with E-state index in [-0.39, 0.29) is 22.8 Å². The fraction of sp³-hybridized carbons (Fsp3) is 0.500. The Morgan fingerprint density at radius 3 is 2.62 bits per heavy atom. The number of halogens is 1. The predicted molar refractivity (Wildman–Crippen MR) is 110 cm³/mol. The van der Waals surface area contributed by atoms with Crippen LogP contribution >= 0.6 is 11.6 Å². The van der Waals surface area contributed by atoms with E-state index in [2.05, 4.69) is 15.0 Å². The molecule has 3 heterocycles. The van der Waals surface area contributed by atoms with E-state index in [1.54, 1.807) is 20.4 Å². The summed E-state index contributed by atoms with van der Waals surface area (Å²) in [6, 6.07) is 1.83. The molecule has 0 bridgehead atoms. The SMILES string of the molecule is COc1cnc(CN2CC(C3CCCC3)C(=O)c3c(Cl)nc(N)nc32)cc1OC. The number of ether oxygens (including phenoxy) is 2. The second-order valence-corrected chi connectivity index (χ2v) is 7.86. The summed E-state index contributed by atoms with van der Waals surface area (Å²) in [6.45, 7) is 0.996. The Balaban J connectivity index is 1.72. The average Bonchev–Trinajstić information content (AvgIpc) is 3.24. The van der Waals surface area contributed by atoms with Crippen molar-refractivity contribution in [1.29, 1.82) is 0 Å². The van der Waals surface area contributed by atoms with Gasteiger partial charge in [0.1, 0.15) is 11.0 Å². The van der Waals surface area contributed by atoms with Crippen LogP contribution in [0.15, 0.2) is 12.3 Å². The fourth-order valence-corrected chi connectivity index (χ4v) is 4.66. The first kappa shape index (κ1) is 19.7. The molecule has 1 atom stereocenters. The highest BCUT2D eigenvalue weighted by Gasteiger charge is 2.40. The van der Waals surface area contributed by atoms with Crippen molar-refractivity contribution < 1.29 is 14.3 Å². The molecule has 0 radical (unpaired) electrons. The summed E-state index contributed by atoms with van der Waals surface area (Å²) < 4.78 is 10.7. The summed E-state index contributed by atoms with van der Waals surface area (Å²) in [4.78, 5) is 28.1. The molecular weight excluding hydrogens is 394 g/mol. The van der Waals surface area contributed by atoms with E-state index in [4.69, 9.17) is 26.8 Å². The van der Waals surface area contributed by atoms with Crippen LogP contribution in [0.3, 0.4) is 0 Å². The second-order valence-electron chi connectivity index (χ2n) is 7.50. The monoisotopic (exact) mass is 417 g/mol. The van der Waals surface area contributed by atoms with Crippen LogP contribution < -0.4 is 20.1 Å². The normalized spacial score (nSPS) is 19.3. The number of aromatic nitrogens is 3. The molecule has 1 saturated carbocycles. The third-order valence-corrected chi connectivity index (χ3v) is 6.09. The van der Waals surface area contributed by atoms with Crippen molar-refractivity contribution in [2.75, 3.05) is 31.4 Å². The van der Waals surface area contributed by atoms with Gasteiger partial charge in [0.05, 0.1) is 38.2 Å². The first-order valence-corrected chi connectivity index (χ1v) is 10.1. The lowest BCUT2D eigenvalue weighted by molar-refractivity contribution is 0.0867. The van der Waals surface area contributed by atoms with Gasteiger partial charge in [-0.25, -0.2) is 4.98 Å². The number of pyridine rings is 1. The van der Waals surface area contributed by atoms with Crippen LogP contribution in [0.25, 0.3) is 0 Å². The number of Topliss-reactive ketones (excluding diaryl/α,β-unsaturated/α-hetero) is 1. The van der Waals surface area contributed by atoms with E-state index in [0.29, 0.717) is 41.9 Å². The van der Waals surface area contributed by atoms with Gasteiger partial charge in [-0.3, -0.25) is 9.78 Å². The molecule has 2 aromatic rings. The number of rotatable bonds is 5. The number of nitrogens with two attached hydrogens (primary N) is 1. The van der Waals surface area contributed by atoms with E-state index in [1.165, 1.54) is 0 Å². The van der Waals surface area contributed by atoms with Gasteiger partial charge in [-0.2, -0.15) is 4.98 Å². The van der Waals surface area contributed by atoms with Gasteiger partial charge < -0.3 is 20.1 Å². The van der Waals surface area contributed by atoms with E-state index in [0.717, 1.165) is 31.4 Å². The Labute approximate surface area is 174 Å². The molecule has 4 rings (SSSR count). The van der Waals surface area contributed by atoms with Crippen LogP contribution in [0.4, 0.5) is 11.8 Å². The number of methoxy groups -OCH3 is 2. The van der Waals surface area contributed by atoms with Gasteiger partial charge in [-0.15, -0.1) is 0 Å². The van der Waals surface area contributed by atoms with Gasteiger partial charge in [-0.05, 0) is 18.8 Å². The lowest BCUT2D eigenvalue weighted by Gasteiger charge is -2.36. The number of hydrogen-bond donors (Lipinski definition) is 1. The maximum atomic E-state index is 13.2. The Bertz CT molecular complexity index is 933. The summed E-state index contributed by atoms with van der Waals surface area (Å²) in [5.41, 5.74) is 6.96. The summed E-state index contributed by atoms with van der Waals surface area (Å²) >= 11 is 6.34. The average molecular weight is 418 g/mol. The molecule has 0 saturated heterocycles. The first-order valence-electron chi connectivity index (χ1n) is 9.71. The van der Waals surface area contributed by atoms with Gasteiger partial charge >= 0.3 is 0 Å². The lowest BCUT2D eigenvalue weighted by Crippen LogP contribution is -2.43. The van der Waals surface area contributed by atoms with Crippen LogP contribution in [-0.4, -0.2) is 41.5 Å². The minimum absolute atomic E-state index is 0.0217. The molecule has 9 heteroatoms. The van der Waals surface area contributed by atoms with Gasteiger partial charge in [0.2, 0.25) is 5.95 Å². The van der Waals surface area contributed by atoms with Crippen LogP contribution in [-0.2, 0) is 6.54 Å². The number of carbonyl (C=O) groups excluding carboxylic acids is 1. The smallest absolute Gasteiger partial charge is 0.223 e. The minimum atomic E-state index is -0.130. The van der Waals surface area contributed by atoms with Gasteiger partial charge in [0.15, 0.2) is 17.3 Å². The Morgan fingerprint density at radius 2 is 1.93 bits per heavy atom. The number of hydrogen-bond acceptors (Lipinski definition) is 8. The molecule has 0 amide bonds. The second kappa shape index (κ2) is 8.02. The van der Waals surface area contributed by atoms with Crippen molar-refractivity contribution in [2.45, 2.75) is 32.2 Å². The minimum Gasteiger partial charge on any atom is -0.493 e. The first-order chi connectivity index (χ1) is 14.0. The van der Waals surface area contributed by atoms with Crippen molar-refractivity contribution in [3.05, 3.63) is 28.7 Å². The number of nitrogen functional groups attached to an aromatic ring is 1. The molecule has 0 aromatic carbocycles. The predicted octanol–water partition coefficient (Wildman–Crippen LogP) is 3.13. The molecule has 2 N–H and O–H groups in total. The standard InChI is InChI=1S/C20H24ClN5O3/c1-28-14-7-12(23-8-15(14)29-2)9-26-10-13(11-5-3-4-6-11)17(27)16-18(21)24-20(22)25-19(16)26/h7-8,11,13H,3-6,9-10H2,1-2H3,(H2,22,24,25). The van der Waals surface area contributed by atoms with E-state index in [9.17, 15) is 4.79 Å². The molecule has 1 unspecified atom stereocenters. The highest BCUT2D eigenvalue weighted by Crippen LogP contribution is 2.41. The van der Waals surface area contributed by atoms with Gasteiger partial charge in [0, 0.05) is 18.5 Å². The van der Waals surface area contributed by atoms with Crippen molar-refractivity contribution >= 4 is 29.2 Å². The lowest BCUT2D eigenvalue weighted by atomic mass is 9.82. The van der Waals surface area contributed by atoms with E-state index >= 15 is 0 Å². The zero-order chi connectivity index (χ0) is 20.5.